The van der Waals surface area contributed by atoms with Gasteiger partial charge >= 0.3 is 0 Å². The number of carbonyl (C=O) groups excluding carboxylic acids is 2. The first-order valence-corrected chi connectivity index (χ1v) is 9.60. The third kappa shape index (κ3) is 4.51. The number of aryl methyl sites for hydroxylation is 1. The molecule has 1 aliphatic rings. The summed E-state index contributed by atoms with van der Waals surface area (Å²) in [4.78, 5) is 31.4. The lowest BCUT2D eigenvalue weighted by atomic mass is 9.73. The Labute approximate surface area is 169 Å². The lowest BCUT2D eigenvalue weighted by Crippen LogP contribution is -2.50. The Bertz CT molecular complexity index is 865. The summed E-state index contributed by atoms with van der Waals surface area (Å²) < 4.78 is 5.49. The van der Waals surface area contributed by atoms with E-state index in [0.29, 0.717) is 36.9 Å². The predicted octanol–water partition coefficient (Wildman–Crippen LogP) is 3.19. The minimum absolute atomic E-state index is 0.0579. The van der Waals surface area contributed by atoms with Gasteiger partial charge < -0.3 is 15.0 Å². The molecule has 0 radical (unpaired) electrons. The van der Waals surface area contributed by atoms with Crippen molar-refractivity contribution in [2.75, 3.05) is 32.1 Å². The van der Waals surface area contributed by atoms with E-state index in [1.165, 1.54) is 4.90 Å². The number of ether oxygens (including phenoxy) is 1. The highest BCUT2D eigenvalue weighted by Crippen LogP contribution is 2.37. The molecule has 1 saturated heterocycles. The van der Waals surface area contributed by atoms with Crippen LogP contribution in [0.15, 0.2) is 42.6 Å². The molecule has 6 nitrogen and oxygen atoms in total. The Morgan fingerprint density at radius 1 is 1.25 bits per heavy atom. The Morgan fingerprint density at radius 2 is 2.00 bits per heavy atom. The SMILES string of the molecule is Cc1ccnc(NC(=O)CN(C)C(=O)C2(c3cccc(Cl)c3)CCOCC2)c1. The van der Waals surface area contributed by atoms with Gasteiger partial charge in [0, 0.05) is 31.5 Å². The first kappa shape index (κ1) is 20.3. The first-order valence-electron chi connectivity index (χ1n) is 9.22. The van der Waals surface area contributed by atoms with Crippen molar-refractivity contribution in [3.63, 3.8) is 0 Å². The van der Waals surface area contributed by atoms with Gasteiger partial charge in [0.25, 0.3) is 0 Å². The van der Waals surface area contributed by atoms with Crippen molar-refractivity contribution in [3.05, 3.63) is 58.7 Å². The number of halogens is 1. The highest BCUT2D eigenvalue weighted by molar-refractivity contribution is 6.30. The van der Waals surface area contributed by atoms with Crippen LogP contribution < -0.4 is 5.32 Å². The van der Waals surface area contributed by atoms with Crippen LogP contribution in [0.4, 0.5) is 5.82 Å². The van der Waals surface area contributed by atoms with E-state index in [4.69, 9.17) is 16.3 Å². The highest BCUT2D eigenvalue weighted by Gasteiger charge is 2.43. The third-order valence-electron chi connectivity index (χ3n) is 5.04. The van der Waals surface area contributed by atoms with Crippen LogP contribution in [-0.2, 0) is 19.7 Å². The number of nitrogens with one attached hydrogen (secondary N) is 1. The number of nitrogens with zero attached hydrogens (tertiary/aromatic N) is 2. The van der Waals surface area contributed by atoms with Crippen molar-refractivity contribution < 1.29 is 14.3 Å². The van der Waals surface area contributed by atoms with E-state index in [2.05, 4.69) is 10.3 Å². The van der Waals surface area contributed by atoms with E-state index in [-0.39, 0.29) is 18.4 Å². The maximum atomic E-state index is 13.4. The normalized spacial score (nSPS) is 15.7. The van der Waals surface area contributed by atoms with Gasteiger partial charge in [-0.3, -0.25) is 9.59 Å². The molecular weight excluding hydrogens is 378 g/mol. The zero-order chi connectivity index (χ0) is 20.1. The quantitative estimate of drug-likeness (QED) is 0.835. The standard InChI is InChI=1S/C21H24ClN3O3/c1-15-6-9-23-18(12-15)24-19(26)14-25(2)20(27)21(7-10-28-11-8-21)16-4-3-5-17(22)13-16/h3-6,9,12-13H,7-8,10-11,14H2,1-2H3,(H,23,24,26). The van der Waals surface area contributed by atoms with E-state index >= 15 is 0 Å². The fraction of sp³-hybridized carbons (Fsp3) is 0.381. The van der Waals surface area contributed by atoms with Gasteiger partial charge in [0.15, 0.2) is 0 Å². The number of aromatic nitrogens is 1. The van der Waals surface area contributed by atoms with E-state index in [1.807, 2.05) is 31.2 Å². The van der Waals surface area contributed by atoms with Crippen molar-refractivity contribution in [1.29, 1.82) is 0 Å². The summed E-state index contributed by atoms with van der Waals surface area (Å²) in [6.07, 6.45) is 2.74. The van der Waals surface area contributed by atoms with E-state index < -0.39 is 5.41 Å². The van der Waals surface area contributed by atoms with Gasteiger partial charge in [0.1, 0.15) is 5.82 Å². The number of likely N-dealkylation sites (N-methyl/N-ethyl adjacent to an activating group) is 1. The molecule has 0 atom stereocenters. The van der Waals surface area contributed by atoms with Crippen LogP contribution in [0.5, 0.6) is 0 Å². The van der Waals surface area contributed by atoms with Gasteiger partial charge in [0.2, 0.25) is 11.8 Å². The fourth-order valence-electron chi connectivity index (χ4n) is 3.57. The Hall–Kier alpha value is -2.44. The number of carbonyl (C=O) groups is 2. The van der Waals surface area contributed by atoms with E-state index in [1.54, 1.807) is 25.4 Å². The van der Waals surface area contributed by atoms with Gasteiger partial charge in [-0.2, -0.15) is 0 Å². The van der Waals surface area contributed by atoms with Gasteiger partial charge in [-0.05, 0) is 55.2 Å². The van der Waals surface area contributed by atoms with Crippen LogP contribution in [0, 0.1) is 6.92 Å². The summed E-state index contributed by atoms with van der Waals surface area (Å²) in [5.74, 6) is 0.0779. The van der Waals surface area contributed by atoms with Crippen molar-refractivity contribution in [1.82, 2.24) is 9.88 Å². The molecule has 1 aliphatic heterocycles. The predicted molar refractivity (Wildman–Crippen MR) is 108 cm³/mol. The molecule has 1 aromatic heterocycles. The number of hydrogen-bond acceptors (Lipinski definition) is 4. The molecule has 7 heteroatoms. The van der Waals surface area contributed by atoms with Crippen molar-refractivity contribution >= 4 is 29.2 Å². The van der Waals surface area contributed by atoms with Crippen LogP contribution in [-0.4, -0.2) is 48.5 Å². The summed E-state index contributed by atoms with van der Waals surface area (Å²) in [6.45, 7) is 2.85. The second-order valence-corrected chi connectivity index (χ2v) is 7.57. The van der Waals surface area contributed by atoms with Crippen LogP contribution >= 0.6 is 11.6 Å². The van der Waals surface area contributed by atoms with Crippen LogP contribution in [0.2, 0.25) is 5.02 Å². The van der Waals surface area contributed by atoms with E-state index in [9.17, 15) is 9.59 Å². The Balaban J connectivity index is 1.76. The average molecular weight is 402 g/mol. The smallest absolute Gasteiger partial charge is 0.245 e. The summed E-state index contributed by atoms with van der Waals surface area (Å²) in [6, 6.07) is 11.0. The molecule has 2 amide bonds. The maximum absolute atomic E-state index is 13.4. The van der Waals surface area contributed by atoms with Gasteiger partial charge in [-0.1, -0.05) is 23.7 Å². The van der Waals surface area contributed by atoms with Crippen LogP contribution in [0.25, 0.3) is 0 Å². The lowest BCUT2D eigenvalue weighted by Gasteiger charge is -2.39. The number of amides is 2. The molecular formula is C21H24ClN3O3. The van der Waals surface area contributed by atoms with Gasteiger partial charge in [0.05, 0.1) is 12.0 Å². The molecule has 3 rings (SSSR count). The monoisotopic (exact) mass is 401 g/mol. The molecule has 0 unspecified atom stereocenters. The van der Waals surface area contributed by atoms with Crippen LogP contribution in [0.1, 0.15) is 24.0 Å². The molecule has 148 valence electrons. The number of hydrogen-bond donors (Lipinski definition) is 1. The Kier molecular flexibility index (Phi) is 6.31. The zero-order valence-electron chi connectivity index (χ0n) is 16.1. The third-order valence-corrected chi connectivity index (χ3v) is 5.28. The molecule has 0 spiro atoms. The topological polar surface area (TPSA) is 71.5 Å². The van der Waals surface area contributed by atoms with Gasteiger partial charge in [-0.15, -0.1) is 0 Å². The molecule has 0 bridgehead atoms. The number of anilines is 1. The molecule has 0 aliphatic carbocycles. The summed E-state index contributed by atoms with van der Waals surface area (Å²) in [5.41, 5.74) is 1.12. The van der Waals surface area contributed by atoms with Crippen LogP contribution in [0.3, 0.4) is 0 Å². The molecule has 1 N–H and O–H groups in total. The second kappa shape index (κ2) is 8.71. The molecule has 1 fully saturated rings. The Morgan fingerprint density at radius 3 is 2.68 bits per heavy atom. The average Bonchev–Trinajstić information content (AvgIpc) is 2.67. The van der Waals surface area contributed by atoms with Crippen molar-refractivity contribution in [2.24, 2.45) is 0 Å². The summed E-state index contributed by atoms with van der Waals surface area (Å²) >= 11 is 6.17. The molecule has 28 heavy (non-hydrogen) atoms. The summed E-state index contributed by atoms with van der Waals surface area (Å²) in [5, 5.41) is 3.33. The first-order chi connectivity index (χ1) is 13.4. The largest absolute Gasteiger partial charge is 0.381 e. The minimum Gasteiger partial charge on any atom is -0.381 e. The van der Waals surface area contributed by atoms with Gasteiger partial charge in [-0.25, -0.2) is 4.98 Å². The fourth-order valence-corrected chi connectivity index (χ4v) is 3.76. The molecule has 1 aromatic carbocycles. The number of pyridine rings is 1. The second-order valence-electron chi connectivity index (χ2n) is 7.13. The molecule has 0 saturated carbocycles. The minimum atomic E-state index is -0.736. The molecule has 2 heterocycles. The van der Waals surface area contributed by atoms with E-state index in [0.717, 1.165) is 11.1 Å². The zero-order valence-corrected chi connectivity index (χ0v) is 16.8. The number of benzene rings is 1. The molecule has 2 aromatic rings. The summed E-state index contributed by atoms with van der Waals surface area (Å²) in [7, 11) is 1.65. The number of rotatable bonds is 5. The maximum Gasteiger partial charge on any atom is 0.245 e. The highest BCUT2D eigenvalue weighted by atomic mass is 35.5. The lowest BCUT2D eigenvalue weighted by molar-refractivity contribution is -0.142. The van der Waals surface area contributed by atoms with Crippen molar-refractivity contribution in [3.8, 4) is 0 Å². The van der Waals surface area contributed by atoms with Crippen molar-refractivity contribution in [2.45, 2.75) is 25.2 Å².